The van der Waals surface area contributed by atoms with E-state index in [1.165, 1.54) is 22.5 Å². The molecular weight excluding hydrogens is 272 g/mol. The number of anilines is 1. The van der Waals surface area contributed by atoms with E-state index in [1.807, 2.05) is 20.8 Å². The van der Waals surface area contributed by atoms with Crippen LogP contribution in [0.15, 0.2) is 23.1 Å². The molecule has 102 valence electrons. The minimum atomic E-state index is -3.61. The maximum atomic E-state index is 12.5. The van der Waals surface area contributed by atoms with E-state index in [4.69, 9.17) is 17.3 Å². The number of hydrogen-bond acceptors (Lipinski definition) is 3. The van der Waals surface area contributed by atoms with Gasteiger partial charge in [-0.3, -0.25) is 0 Å². The van der Waals surface area contributed by atoms with Gasteiger partial charge in [-0.1, -0.05) is 18.5 Å². The Hall–Kier alpha value is -0.780. The summed E-state index contributed by atoms with van der Waals surface area (Å²) in [4.78, 5) is 0.0855. The van der Waals surface area contributed by atoms with Crippen LogP contribution in [0.25, 0.3) is 0 Å². The molecule has 0 bridgehead atoms. The zero-order valence-electron chi connectivity index (χ0n) is 11.1. The average molecular weight is 291 g/mol. The smallest absolute Gasteiger partial charge is 0.244 e. The Morgan fingerprint density at radius 1 is 1.39 bits per heavy atom. The number of nitrogens with two attached hydrogens (primary N) is 1. The Morgan fingerprint density at radius 2 is 1.94 bits per heavy atom. The van der Waals surface area contributed by atoms with E-state index in [9.17, 15) is 8.42 Å². The quantitative estimate of drug-likeness (QED) is 0.867. The van der Waals surface area contributed by atoms with Gasteiger partial charge in [-0.05, 0) is 38.5 Å². The van der Waals surface area contributed by atoms with Gasteiger partial charge in [0.05, 0.1) is 5.02 Å². The zero-order chi connectivity index (χ0) is 14.1. The summed E-state index contributed by atoms with van der Waals surface area (Å²) in [7, 11) is -2.05. The van der Waals surface area contributed by atoms with Gasteiger partial charge in [0, 0.05) is 18.3 Å². The van der Waals surface area contributed by atoms with E-state index in [1.54, 1.807) is 7.05 Å². The standard InChI is InChI=1S/C12H19ClN2O2S/c1-5-12(2,3)15(4)18(16,17)11-7-6-9(14)8-10(11)13/h6-8H,5,14H2,1-4H3. The van der Waals surface area contributed by atoms with Gasteiger partial charge in [-0.2, -0.15) is 4.31 Å². The summed E-state index contributed by atoms with van der Waals surface area (Å²) in [6.07, 6.45) is 0.704. The maximum absolute atomic E-state index is 12.5. The Bertz CT molecular complexity index is 541. The van der Waals surface area contributed by atoms with Crippen molar-refractivity contribution in [2.24, 2.45) is 0 Å². The summed E-state index contributed by atoms with van der Waals surface area (Å²) in [5, 5.41) is 0.147. The molecule has 18 heavy (non-hydrogen) atoms. The molecule has 2 N–H and O–H groups in total. The van der Waals surface area contributed by atoms with E-state index in [0.717, 1.165) is 0 Å². The van der Waals surface area contributed by atoms with Crippen LogP contribution in [0.2, 0.25) is 5.02 Å². The second kappa shape index (κ2) is 5.07. The normalized spacial score (nSPS) is 13.0. The summed E-state index contributed by atoms with van der Waals surface area (Å²) >= 11 is 5.97. The average Bonchev–Trinajstić information content (AvgIpc) is 2.27. The first-order valence-corrected chi connectivity index (χ1v) is 7.49. The first-order chi connectivity index (χ1) is 8.13. The number of rotatable bonds is 4. The highest BCUT2D eigenvalue weighted by molar-refractivity contribution is 7.89. The summed E-state index contributed by atoms with van der Waals surface area (Å²) in [5.41, 5.74) is 5.54. The fourth-order valence-electron chi connectivity index (χ4n) is 1.42. The van der Waals surface area contributed by atoms with Crippen LogP contribution >= 0.6 is 11.6 Å². The highest BCUT2D eigenvalue weighted by atomic mass is 35.5. The monoisotopic (exact) mass is 290 g/mol. The predicted octanol–water partition coefficient (Wildman–Crippen LogP) is 2.73. The number of hydrogen-bond donors (Lipinski definition) is 1. The fraction of sp³-hybridized carbons (Fsp3) is 0.500. The van der Waals surface area contributed by atoms with Crippen LogP contribution in [0.4, 0.5) is 5.69 Å². The van der Waals surface area contributed by atoms with Crippen molar-refractivity contribution in [2.75, 3.05) is 12.8 Å². The first-order valence-electron chi connectivity index (χ1n) is 5.67. The van der Waals surface area contributed by atoms with E-state index in [2.05, 4.69) is 0 Å². The van der Waals surface area contributed by atoms with Crippen LogP contribution in [-0.2, 0) is 10.0 Å². The SMILES string of the molecule is CCC(C)(C)N(C)S(=O)(=O)c1ccc(N)cc1Cl. The lowest BCUT2D eigenvalue weighted by Gasteiger charge is -2.33. The molecule has 0 saturated carbocycles. The Labute approximate surface area is 114 Å². The molecule has 0 aliphatic rings. The van der Waals surface area contributed by atoms with Gasteiger partial charge >= 0.3 is 0 Å². The summed E-state index contributed by atoms with van der Waals surface area (Å²) in [5.74, 6) is 0. The van der Waals surface area contributed by atoms with Crippen LogP contribution in [0.3, 0.4) is 0 Å². The molecule has 0 aliphatic heterocycles. The van der Waals surface area contributed by atoms with Gasteiger partial charge < -0.3 is 5.73 Å². The fourth-order valence-corrected chi connectivity index (χ4v) is 3.52. The van der Waals surface area contributed by atoms with Crippen LogP contribution in [0.1, 0.15) is 27.2 Å². The second-order valence-electron chi connectivity index (χ2n) is 4.83. The third kappa shape index (κ3) is 2.79. The van der Waals surface area contributed by atoms with Gasteiger partial charge in [0.1, 0.15) is 4.90 Å². The molecule has 0 fully saturated rings. The number of sulfonamides is 1. The molecule has 1 aromatic carbocycles. The summed E-state index contributed by atoms with van der Waals surface area (Å²) in [6.45, 7) is 5.68. The lowest BCUT2D eigenvalue weighted by atomic mass is 10.0. The van der Waals surface area contributed by atoms with Gasteiger partial charge in [0.25, 0.3) is 0 Å². The first kappa shape index (κ1) is 15.3. The number of nitrogen functional groups attached to an aromatic ring is 1. The Kier molecular flexibility index (Phi) is 4.30. The van der Waals surface area contributed by atoms with Crippen molar-refractivity contribution in [1.82, 2.24) is 4.31 Å². The van der Waals surface area contributed by atoms with Gasteiger partial charge in [-0.15, -0.1) is 0 Å². The predicted molar refractivity (Wildman–Crippen MR) is 75.2 cm³/mol. The number of nitrogens with zero attached hydrogens (tertiary/aromatic N) is 1. The zero-order valence-corrected chi connectivity index (χ0v) is 12.6. The van der Waals surface area contributed by atoms with Crippen molar-refractivity contribution in [1.29, 1.82) is 0 Å². The molecular formula is C12H19ClN2O2S. The highest BCUT2D eigenvalue weighted by Crippen LogP contribution is 2.30. The van der Waals surface area contributed by atoms with Gasteiger partial charge in [-0.25, -0.2) is 8.42 Å². The topological polar surface area (TPSA) is 63.4 Å². The second-order valence-corrected chi connectivity index (χ2v) is 7.17. The van der Waals surface area contributed by atoms with Crippen LogP contribution in [-0.4, -0.2) is 25.3 Å². The van der Waals surface area contributed by atoms with Gasteiger partial charge in [0.15, 0.2) is 0 Å². The van der Waals surface area contributed by atoms with Crippen molar-refractivity contribution in [3.8, 4) is 0 Å². The van der Waals surface area contributed by atoms with Crippen molar-refractivity contribution in [2.45, 2.75) is 37.6 Å². The third-order valence-corrected chi connectivity index (χ3v) is 5.86. The molecule has 0 saturated heterocycles. The molecule has 1 aromatic rings. The summed E-state index contributed by atoms with van der Waals surface area (Å²) < 4.78 is 26.3. The molecule has 4 nitrogen and oxygen atoms in total. The van der Waals surface area contributed by atoms with Crippen molar-refractivity contribution in [3.63, 3.8) is 0 Å². The number of benzene rings is 1. The van der Waals surface area contributed by atoms with E-state index >= 15 is 0 Å². The van der Waals surface area contributed by atoms with E-state index < -0.39 is 15.6 Å². The van der Waals surface area contributed by atoms with E-state index in [-0.39, 0.29) is 9.92 Å². The highest BCUT2D eigenvalue weighted by Gasteiger charge is 2.33. The molecule has 0 unspecified atom stereocenters. The van der Waals surface area contributed by atoms with Crippen molar-refractivity contribution < 1.29 is 8.42 Å². The van der Waals surface area contributed by atoms with Crippen LogP contribution in [0, 0.1) is 0 Å². The molecule has 6 heteroatoms. The maximum Gasteiger partial charge on any atom is 0.244 e. The largest absolute Gasteiger partial charge is 0.399 e. The molecule has 0 spiro atoms. The molecule has 0 aromatic heterocycles. The Morgan fingerprint density at radius 3 is 2.39 bits per heavy atom. The molecule has 0 atom stereocenters. The van der Waals surface area contributed by atoms with Crippen molar-refractivity contribution >= 4 is 27.3 Å². The van der Waals surface area contributed by atoms with Crippen LogP contribution in [0.5, 0.6) is 0 Å². The summed E-state index contributed by atoms with van der Waals surface area (Å²) in [6, 6.07) is 4.42. The molecule has 0 radical (unpaired) electrons. The molecule has 0 amide bonds. The minimum absolute atomic E-state index is 0.0855. The molecule has 0 aliphatic carbocycles. The van der Waals surface area contributed by atoms with E-state index in [0.29, 0.717) is 12.1 Å². The minimum Gasteiger partial charge on any atom is -0.399 e. The Balaban J connectivity index is 3.30. The third-order valence-electron chi connectivity index (χ3n) is 3.31. The molecule has 0 heterocycles. The lowest BCUT2D eigenvalue weighted by Crippen LogP contribution is -2.44. The van der Waals surface area contributed by atoms with Gasteiger partial charge in [0.2, 0.25) is 10.0 Å². The molecule has 1 rings (SSSR count). The van der Waals surface area contributed by atoms with Crippen LogP contribution < -0.4 is 5.73 Å². The lowest BCUT2D eigenvalue weighted by molar-refractivity contribution is 0.257. The van der Waals surface area contributed by atoms with Crippen molar-refractivity contribution in [3.05, 3.63) is 23.2 Å². The number of halogens is 1.